The van der Waals surface area contributed by atoms with Gasteiger partial charge in [0.25, 0.3) is 0 Å². The zero-order valence-corrected chi connectivity index (χ0v) is 11.1. The number of ether oxygens (including phenoxy) is 1. The van der Waals surface area contributed by atoms with E-state index in [1.165, 1.54) is 18.9 Å². The van der Waals surface area contributed by atoms with E-state index in [4.69, 9.17) is 16.3 Å². The molecule has 1 saturated heterocycles. The van der Waals surface area contributed by atoms with E-state index in [9.17, 15) is 15.0 Å². The molecule has 18 heavy (non-hydrogen) atoms. The predicted octanol–water partition coefficient (Wildman–Crippen LogP) is -0.518. The molecule has 0 aromatic heterocycles. The van der Waals surface area contributed by atoms with Crippen LogP contribution in [-0.2, 0) is 4.79 Å². The van der Waals surface area contributed by atoms with Crippen molar-refractivity contribution in [2.45, 2.75) is 11.4 Å². The van der Waals surface area contributed by atoms with Crippen LogP contribution in [0.15, 0.2) is 12.1 Å². The highest BCUT2D eigenvalue weighted by atomic mass is 35.5. The number of benzene rings is 1. The zero-order valence-electron chi connectivity index (χ0n) is 9.55. The Balaban J connectivity index is 2.25. The first kappa shape index (κ1) is 13.3. The van der Waals surface area contributed by atoms with Crippen LogP contribution in [-0.4, -0.2) is 30.0 Å². The number of phenolic OH excluding ortho intramolecular Hbond substituents is 1. The summed E-state index contributed by atoms with van der Waals surface area (Å²) in [4.78, 5) is 10.8. The third-order valence-corrected chi connectivity index (χ3v) is 4.39. The van der Waals surface area contributed by atoms with Crippen molar-refractivity contribution in [1.82, 2.24) is 0 Å². The van der Waals surface area contributed by atoms with Gasteiger partial charge in [-0.05, 0) is 12.1 Å². The molecule has 1 aliphatic rings. The van der Waals surface area contributed by atoms with Crippen LogP contribution in [0.4, 0.5) is 0 Å². The number of aromatic hydroxyl groups is 1. The van der Waals surface area contributed by atoms with Crippen molar-refractivity contribution >= 4 is 29.3 Å². The minimum Gasteiger partial charge on any atom is -0.544 e. The summed E-state index contributed by atoms with van der Waals surface area (Å²) in [5.74, 6) is -0.416. The second-order valence-electron chi connectivity index (χ2n) is 3.93. The van der Waals surface area contributed by atoms with Crippen molar-refractivity contribution < 1.29 is 25.1 Å². The van der Waals surface area contributed by atoms with Gasteiger partial charge in [0.2, 0.25) is 0 Å². The van der Waals surface area contributed by atoms with E-state index in [1.54, 1.807) is 17.4 Å². The number of carbonyl (C=O) groups is 1. The molecule has 0 spiro atoms. The van der Waals surface area contributed by atoms with Crippen molar-refractivity contribution in [1.29, 1.82) is 0 Å². The van der Waals surface area contributed by atoms with Gasteiger partial charge in [-0.3, -0.25) is 0 Å². The number of carbonyl (C=O) groups excluding carboxylic acids is 1. The van der Waals surface area contributed by atoms with Gasteiger partial charge >= 0.3 is 0 Å². The predicted molar refractivity (Wildman–Crippen MR) is 65.6 cm³/mol. The smallest absolute Gasteiger partial charge is 0.176 e. The molecule has 5 nitrogen and oxygen atoms in total. The summed E-state index contributed by atoms with van der Waals surface area (Å²) in [5.41, 5.74) is 0.809. The number of phenols is 1. The summed E-state index contributed by atoms with van der Waals surface area (Å²) < 4.78 is 5.01. The number of carboxylic acids is 1. The maximum Gasteiger partial charge on any atom is 0.176 e. The lowest BCUT2D eigenvalue weighted by molar-refractivity contribution is -0.690. The van der Waals surface area contributed by atoms with E-state index in [1.807, 2.05) is 0 Å². The molecule has 0 radical (unpaired) electrons. The normalized spacial score (nSPS) is 23.0. The Morgan fingerprint density at radius 1 is 1.67 bits per heavy atom. The van der Waals surface area contributed by atoms with Crippen LogP contribution in [0.2, 0.25) is 5.02 Å². The molecule has 1 aliphatic heterocycles. The van der Waals surface area contributed by atoms with Crippen LogP contribution >= 0.6 is 23.4 Å². The highest BCUT2D eigenvalue weighted by Gasteiger charge is 2.31. The summed E-state index contributed by atoms with van der Waals surface area (Å²) >= 11 is 7.39. The van der Waals surface area contributed by atoms with Crippen molar-refractivity contribution in [3.05, 3.63) is 22.7 Å². The monoisotopic (exact) mass is 289 g/mol. The second-order valence-corrected chi connectivity index (χ2v) is 5.51. The summed E-state index contributed by atoms with van der Waals surface area (Å²) in [5, 5.41) is 22.2. The number of methoxy groups -OCH3 is 1. The molecule has 0 saturated carbocycles. The van der Waals surface area contributed by atoms with Crippen molar-refractivity contribution in [2.24, 2.45) is 0 Å². The molecule has 3 N–H and O–H groups in total. The lowest BCUT2D eigenvalue weighted by Gasteiger charge is -2.13. The summed E-state index contributed by atoms with van der Waals surface area (Å²) in [6, 6.07) is 2.72. The first-order chi connectivity index (χ1) is 8.52. The van der Waals surface area contributed by atoms with Crippen LogP contribution < -0.4 is 15.2 Å². The Kier molecular flexibility index (Phi) is 3.89. The van der Waals surface area contributed by atoms with Crippen molar-refractivity contribution in [3.63, 3.8) is 0 Å². The largest absolute Gasteiger partial charge is 0.544 e. The Labute approximate surface area is 113 Å². The molecule has 0 amide bonds. The van der Waals surface area contributed by atoms with Gasteiger partial charge < -0.3 is 25.1 Å². The fraction of sp³-hybridized carbons (Fsp3) is 0.364. The third-order valence-electron chi connectivity index (χ3n) is 2.76. The number of thioether (sulfide) groups is 1. The average molecular weight is 290 g/mol. The Bertz CT molecular complexity index is 482. The van der Waals surface area contributed by atoms with Gasteiger partial charge in [-0.25, -0.2) is 0 Å². The van der Waals surface area contributed by atoms with E-state index < -0.39 is 12.0 Å². The van der Waals surface area contributed by atoms with E-state index >= 15 is 0 Å². The Morgan fingerprint density at radius 3 is 2.94 bits per heavy atom. The molecule has 1 heterocycles. The molecule has 7 heteroatoms. The van der Waals surface area contributed by atoms with E-state index in [0.29, 0.717) is 5.75 Å². The van der Waals surface area contributed by atoms with Gasteiger partial charge in [-0.2, -0.15) is 0 Å². The first-order valence-electron chi connectivity index (χ1n) is 5.26. The van der Waals surface area contributed by atoms with Crippen molar-refractivity contribution in [2.75, 3.05) is 12.9 Å². The molecule has 2 unspecified atom stereocenters. The molecule has 2 rings (SSSR count). The highest BCUT2D eigenvalue weighted by molar-refractivity contribution is 7.99. The van der Waals surface area contributed by atoms with Crippen LogP contribution in [0.25, 0.3) is 0 Å². The quantitative estimate of drug-likeness (QED) is 0.782. The topological polar surface area (TPSA) is 86.2 Å². The van der Waals surface area contributed by atoms with Gasteiger partial charge in [0.15, 0.2) is 16.9 Å². The third kappa shape index (κ3) is 2.50. The molecule has 1 aromatic carbocycles. The van der Waals surface area contributed by atoms with Crippen molar-refractivity contribution in [3.8, 4) is 11.5 Å². The molecule has 1 fully saturated rings. The molecule has 98 valence electrons. The summed E-state index contributed by atoms with van der Waals surface area (Å²) in [6.45, 7) is 0. The number of quaternary nitrogens is 1. The van der Waals surface area contributed by atoms with Crippen LogP contribution in [0.3, 0.4) is 0 Å². The SMILES string of the molecule is COc1cc(C2[NH2+]C(C(=O)[O-])CS2)cc(Cl)c1O. The molecular weight excluding hydrogens is 278 g/mol. The maximum atomic E-state index is 10.8. The molecule has 0 bridgehead atoms. The number of hydrogen-bond donors (Lipinski definition) is 2. The van der Waals surface area contributed by atoms with Gasteiger partial charge in [-0.15, -0.1) is 0 Å². The average Bonchev–Trinajstić information content (AvgIpc) is 2.82. The van der Waals surface area contributed by atoms with Gasteiger partial charge in [0, 0.05) is 5.56 Å². The van der Waals surface area contributed by atoms with E-state index in [2.05, 4.69) is 0 Å². The first-order valence-corrected chi connectivity index (χ1v) is 6.69. The number of hydrogen-bond acceptors (Lipinski definition) is 5. The number of carboxylic acid groups (broad SMARTS) is 1. The lowest BCUT2D eigenvalue weighted by Crippen LogP contribution is -2.90. The fourth-order valence-corrected chi connectivity index (χ4v) is 3.31. The minimum absolute atomic E-state index is 0.0834. The number of halogens is 1. The van der Waals surface area contributed by atoms with E-state index in [0.717, 1.165) is 5.56 Å². The zero-order chi connectivity index (χ0) is 13.3. The lowest BCUT2D eigenvalue weighted by atomic mass is 10.2. The van der Waals surface area contributed by atoms with Crippen LogP contribution in [0.1, 0.15) is 10.9 Å². The van der Waals surface area contributed by atoms with Gasteiger partial charge in [0.1, 0.15) is 12.0 Å². The standard InChI is InChI=1S/C11H12ClNO4S/c1-17-8-3-5(2-6(12)9(8)14)10-13-7(4-18-10)11(15)16/h2-3,7,10,13-14H,4H2,1H3,(H,15,16). The number of nitrogens with two attached hydrogens (primary N) is 1. The maximum absolute atomic E-state index is 10.8. The minimum atomic E-state index is -1.07. The van der Waals surface area contributed by atoms with Crippen LogP contribution in [0, 0.1) is 0 Å². The van der Waals surface area contributed by atoms with E-state index in [-0.39, 0.29) is 21.9 Å². The number of aliphatic carboxylic acids is 1. The summed E-state index contributed by atoms with van der Waals surface area (Å²) in [6.07, 6.45) is 0. The molecule has 0 aliphatic carbocycles. The van der Waals surface area contributed by atoms with Gasteiger partial charge in [0.05, 0.1) is 17.9 Å². The molecular formula is C11H12ClNO4S. The fourth-order valence-electron chi connectivity index (χ4n) is 1.80. The van der Waals surface area contributed by atoms with Gasteiger partial charge in [-0.1, -0.05) is 23.4 Å². The highest BCUT2D eigenvalue weighted by Crippen LogP contribution is 2.38. The van der Waals surface area contributed by atoms with Crippen LogP contribution in [0.5, 0.6) is 11.5 Å². The second kappa shape index (κ2) is 5.26. The Morgan fingerprint density at radius 2 is 2.39 bits per heavy atom. The summed E-state index contributed by atoms with van der Waals surface area (Å²) in [7, 11) is 1.44. The number of rotatable bonds is 3. The Hall–Kier alpha value is -1.11. The molecule has 2 atom stereocenters. The molecule has 1 aromatic rings.